The molecule has 0 heterocycles. The first-order valence-corrected chi connectivity index (χ1v) is 7.18. The van der Waals surface area contributed by atoms with E-state index in [1.165, 1.54) is 13.0 Å². The Morgan fingerprint density at radius 1 is 1.27 bits per heavy atom. The number of nitro groups is 1. The molecule has 1 N–H and O–H groups in total. The van der Waals surface area contributed by atoms with Crippen LogP contribution < -0.4 is 5.32 Å². The van der Waals surface area contributed by atoms with Crippen LogP contribution in [-0.4, -0.2) is 10.9 Å². The number of anilines is 2. The maximum atomic E-state index is 11.0. The number of nitro benzene ring substituents is 1. The van der Waals surface area contributed by atoms with Crippen molar-refractivity contribution in [1.29, 1.82) is 0 Å². The van der Waals surface area contributed by atoms with E-state index >= 15 is 0 Å². The van der Waals surface area contributed by atoms with Crippen LogP contribution in [0.3, 0.4) is 0 Å². The van der Waals surface area contributed by atoms with Crippen LogP contribution in [0.25, 0.3) is 0 Å². The van der Waals surface area contributed by atoms with Gasteiger partial charge in [0.1, 0.15) is 12.3 Å². The Labute approximate surface area is 135 Å². The summed E-state index contributed by atoms with van der Waals surface area (Å²) < 4.78 is 5.64. The highest BCUT2D eigenvalue weighted by Gasteiger charge is 2.13. The summed E-state index contributed by atoms with van der Waals surface area (Å²) in [5.41, 5.74) is 1.93. The van der Waals surface area contributed by atoms with E-state index in [0.29, 0.717) is 11.4 Å². The molecule has 0 aromatic heterocycles. The summed E-state index contributed by atoms with van der Waals surface area (Å²) in [5.74, 6) is -0.341. The molecule has 0 radical (unpaired) electrons. The minimum Gasteiger partial charge on any atom is -0.461 e. The molecule has 2 aromatic carbocycles. The predicted molar refractivity (Wildman–Crippen MR) is 86.0 cm³/mol. The Morgan fingerprint density at radius 2 is 1.95 bits per heavy atom. The Balaban J connectivity index is 2.15. The van der Waals surface area contributed by atoms with Crippen molar-refractivity contribution in [3.05, 3.63) is 62.6 Å². The maximum Gasteiger partial charge on any atom is 0.302 e. The lowest BCUT2D eigenvalue weighted by molar-refractivity contribution is -0.383. The number of halogens is 1. The Kier molecular flexibility index (Phi) is 5.11. The normalized spacial score (nSPS) is 10.1. The first kappa shape index (κ1) is 16.0. The van der Waals surface area contributed by atoms with Crippen LogP contribution in [0.4, 0.5) is 17.1 Å². The summed E-state index contributed by atoms with van der Waals surface area (Å²) in [6, 6.07) is 11.8. The van der Waals surface area contributed by atoms with Crippen molar-refractivity contribution in [2.24, 2.45) is 0 Å². The van der Waals surface area contributed by atoms with Crippen molar-refractivity contribution in [2.75, 3.05) is 5.32 Å². The molecule has 0 fully saturated rings. The van der Waals surface area contributed by atoms with Gasteiger partial charge < -0.3 is 10.1 Å². The molecule has 0 aliphatic rings. The number of hydrogen-bond donors (Lipinski definition) is 1. The van der Waals surface area contributed by atoms with Gasteiger partial charge in [-0.3, -0.25) is 14.9 Å². The Bertz CT molecular complexity index is 701. The van der Waals surface area contributed by atoms with Gasteiger partial charge >= 0.3 is 5.97 Å². The fourth-order valence-electron chi connectivity index (χ4n) is 1.79. The van der Waals surface area contributed by atoms with E-state index in [0.717, 1.165) is 10.0 Å². The lowest BCUT2D eigenvalue weighted by Gasteiger charge is -2.09. The molecule has 0 aliphatic carbocycles. The van der Waals surface area contributed by atoms with Gasteiger partial charge in [-0.2, -0.15) is 0 Å². The third-order valence-corrected chi connectivity index (χ3v) is 3.32. The van der Waals surface area contributed by atoms with Gasteiger partial charge in [0, 0.05) is 23.2 Å². The van der Waals surface area contributed by atoms with Crippen molar-refractivity contribution in [2.45, 2.75) is 13.5 Å². The molecule has 2 aromatic rings. The van der Waals surface area contributed by atoms with E-state index in [9.17, 15) is 14.9 Å². The largest absolute Gasteiger partial charge is 0.461 e. The van der Waals surface area contributed by atoms with Crippen molar-refractivity contribution < 1.29 is 14.5 Å². The lowest BCUT2D eigenvalue weighted by Crippen LogP contribution is -1.99. The summed E-state index contributed by atoms with van der Waals surface area (Å²) in [7, 11) is 0. The minimum atomic E-state index is -0.441. The first-order valence-electron chi connectivity index (χ1n) is 6.39. The fraction of sp³-hybridized carbons (Fsp3) is 0.133. The number of esters is 1. The third kappa shape index (κ3) is 4.29. The molecule has 0 amide bonds. The molecule has 7 heteroatoms. The fourth-order valence-corrected chi connectivity index (χ4v) is 2.15. The zero-order valence-electron chi connectivity index (χ0n) is 11.7. The number of carbonyl (C=O) groups excluding carboxylic acids is 1. The van der Waals surface area contributed by atoms with Gasteiger partial charge in [0.05, 0.1) is 4.92 Å². The topological polar surface area (TPSA) is 81.5 Å². The van der Waals surface area contributed by atoms with E-state index in [2.05, 4.69) is 21.2 Å². The average Bonchev–Trinajstić information content (AvgIpc) is 2.46. The number of nitrogens with zero attached hydrogens (tertiary/aromatic N) is 1. The molecule has 2 rings (SSSR count). The highest BCUT2D eigenvalue weighted by Crippen LogP contribution is 2.30. The summed E-state index contributed by atoms with van der Waals surface area (Å²) in [6.07, 6.45) is 0. The Hall–Kier alpha value is -2.41. The number of hydrogen-bond acceptors (Lipinski definition) is 5. The van der Waals surface area contributed by atoms with Crippen molar-refractivity contribution in [3.63, 3.8) is 0 Å². The number of benzene rings is 2. The molecule has 114 valence electrons. The smallest absolute Gasteiger partial charge is 0.302 e. The monoisotopic (exact) mass is 364 g/mol. The van der Waals surface area contributed by atoms with E-state index in [1.807, 2.05) is 0 Å². The van der Waals surface area contributed by atoms with Gasteiger partial charge in [-0.15, -0.1) is 0 Å². The summed E-state index contributed by atoms with van der Waals surface area (Å²) in [6.45, 7) is 1.55. The number of rotatable bonds is 5. The number of carbonyl (C=O) groups is 1. The van der Waals surface area contributed by atoms with Crippen LogP contribution in [0, 0.1) is 10.1 Å². The van der Waals surface area contributed by atoms with Gasteiger partial charge in [0.15, 0.2) is 0 Å². The summed E-state index contributed by atoms with van der Waals surface area (Å²) in [5, 5.41) is 14.0. The quantitative estimate of drug-likeness (QED) is 0.489. The third-order valence-electron chi connectivity index (χ3n) is 2.83. The highest BCUT2D eigenvalue weighted by atomic mass is 79.9. The van der Waals surface area contributed by atoms with Gasteiger partial charge in [-0.05, 0) is 29.8 Å². The molecule has 0 bridgehead atoms. The second-order valence-electron chi connectivity index (χ2n) is 4.52. The van der Waals surface area contributed by atoms with Crippen LogP contribution in [-0.2, 0) is 16.1 Å². The molecule has 0 spiro atoms. The number of nitrogens with one attached hydrogen (secondary N) is 1. The van der Waals surface area contributed by atoms with Crippen LogP contribution in [0.2, 0.25) is 0 Å². The van der Waals surface area contributed by atoms with Gasteiger partial charge in [0.25, 0.3) is 5.69 Å². The molecule has 0 saturated heterocycles. The van der Waals surface area contributed by atoms with Gasteiger partial charge in [-0.1, -0.05) is 28.1 Å². The first-order chi connectivity index (χ1) is 10.5. The predicted octanol–water partition coefficient (Wildman–Crippen LogP) is 4.16. The van der Waals surface area contributed by atoms with E-state index < -0.39 is 4.92 Å². The van der Waals surface area contributed by atoms with Crippen LogP contribution in [0.1, 0.15) is 12.5 Å². The Morgan fingerprint density at radius 3 is 2.55 bits per heavy atom. The van der Waals surface area contributed by atoms with Crippen LogP contribution >= 0.6 is 15.9 Å². The molecule has 0 atom stereocenters. The summed E-state index contributed by atoms with van der Waals surface area (Å²) in [4.78, 5) is 21.3. The van der Waals surface area contributed by atoms with Gasteiger partial charge in [0.2, 0.25) is 0 Å². The minimum absolute atomic E-state index is 0.00723. The van der Waals surface area contributed by atoms with Gasteiger partial charge in [-0.25, -0.2) is 0 Å². The molecule has 6 nitrogen and oxygen atoms in total. The maximum absolute atomic E-state index is 11.0. The summed E-state index contributed by atoms with van der Waals surface area (Å²) >= 11 is 3.29. The molecular formula is C15H13BrN2O4. The molecule has 0 unspecified atom stereocenters. The van der Waals surface area contributed by atoms with Crippen molar-refractivity contribution in [1.82, 2.24) is 0 Å². The number of ether oxygens (including phenoxy) is 1. The zero-order valence-corrected chi connectivity index (χ0v) is 13.3. The van der Waals surface area contributed by atoms with Crippen molar-refractivity contribution >= 4 is 39.0 Å². The van der Waals surface area contributed by atoms with Crippen LogP contribution in [0.15, 0.2) is 46.9 Å². The second-order valence-corrected chi connectivity index (χ2v) is 5.44. The lowest BCUT2D eigenvalue weighted by atomic mass is 10.2. The molecule has 0 saturated carbocycles. The molecule has 0 aliphatic heterocycles. The van der Waals surface area contributed by atoms with E-state index in [4.69, 9.17) is 4.74 Å². The van der Waals surface area contributed by atoms with Crippen molar-refractivity contribution in [3.8, 4) is 0 Å². The van der Waals surface area contributed by atoms with E-state index in [1.54, 1.807) is 36.4 Å². The van der Waals surface area contributed by atoms with E-state index in [-0.39, 0.29) is 18.3 Å². The highest BCUT2D eigenvalue weighted by molar-refractivity contribution is 9.10. The average molecular weight is 365 g/mol. The molecule has 22 heavy (non-hydrogen) atoms. The SMILES string of the molecule is CC(=O)OCc1ccc(Nc2cc(Br)ccc2[N+](=O)[O-])cc1. The molecular weight excluding hydrogens is 352 g/mol. The van der Waals surface area contributed by atoms with Crippen LogP contribution in [0.5, 0.6) is 0 Å². The zero-order chi connectivity index (χ0) is 16.1. The standard InChI is InChI=1S/C15H13BrN2O4/c1-10(19)22-9-11-2-5-13(6-3-11)17-14-8-12(16)4-7-15(14)18(20)21/h2-8,17H,9H2,1H3. The second kappa shape index (κ2) is 7.04.